The monoisotopic (exact) mass is 303 g/mol. The molecule has 1 rings (SSSR count). The first kappa shape index (κ1) is 16.9. The van der Waals surface area contributed by atoms with Gasteiger partial charge in [-0.25, -0.2) is 8.78 Å². The first-order valence-electron chi connectivity index (χ1n) is 6.50. The van der Waals surface area contributed by atoms with Gasteiger partial charge in [-0.05, 0) is 30.4 Å². The highest BCUT2D eigenvalue weighted by Gasteiger charge is 2.28. The standard InChI is InChI=1S/C15H20ClF2NO/c1-9-5-6-10(17)12(13(9)18)14(20)19-11(7-8-16)15(2,3)4/h5-6,11H,7-8H2,1-4H3,(H,19,20). The number of rotatable bonds is 4. The van der Waals surface area contributed by atoms with Gasteiger partial charge < -0.3 is 5.32 Å². The third-order valence-corrected chi connectivity index (χ3v) is 3.48. The lowest BCUT2D eigenvalue weighted by molar-refractivity contribution is 0.0891. The molecular formula is C15H20ClF2NO. The summed E-state index contributed by atoms with van der Waals surface area (Å²) >= 11 is 5.72. The van der Waals surface area contributed by atoms with Crippen LogP contribution in [0.3, 0.4) is 0 Å². The first-order chi connectivity index (χ1) is 9.18. The Morgan fingerprint density at radius 2 is 1.95 bits per heavy atom. The summed E-state index contributed by atoms with van der Waals surface area (Å²) in [5.74, 6) is -2.06. The zero-order valence-electron chi connectivity index (χ0n) is 12.2. The zero-order valence-corrected chi connectivity index (χ0v) is 12.9. The maximum absolute atomic E-state index is 13.9. The molecule has 0 heterocycles. The predicted molar refractivity (Wildman–Crippen MR) is 77.1 cm³/mol. The Bertz CT molecular complexity index is 497. The highest BCUT2D eigenvalue weighted by Crippen LogP contribution is 2.24. The number of hydrogen-bond donors (Lipinski definition) is 1. The fourth-order valence-corrected chi connectivity index (χ4v) is 2.14. The van der Waals surface area contributed by atoms with Crippen molar-refractivity contribution in [1.29, 1.82) is 0 Å². The van der Waals surface area contributed by atoms with E-state index in [0.717, 1.165) is 6.07 Å². The molecule has 20 heavy (non-hydrogen) atoms. The van der Waals surface area contributed by atoms with Crippen LogP contribution in [0.15, 0.2) is 12.1 Å². The highest BCUT2D eigenvalue weighted by molar-refractivity contribution is 6.17. The van der Waals surface area contributed by atoms with Crippen LogP contribution in [0.4, 0.5) is 8.78 Å². The van der Waals surface area contributed by atoms with E-state index >= 15 is 0 Å². The van der Waals surface area contributed by atoms with Gasteiger partial charge in [0.2, 0.25) is 0 Å². The topological polar surface area (TPSA) is 29.1 Å². The van der Waals surface area contributed by atoms with Gasteiger partial charge in [-0.2, -0.15) is 0 Å². The summed E-state index contributed by atoms with van der Waals surface area (Å²) in [6.45, 7) is 7.31. The normalized spacial score (nSPS) is 13.2. The molecule has 1 aromatic carbocycles. The van der Waals surface area contributed by atoms with E-state index < -0.39 is 23.1 Å². The third-order valence-electron chi connectivity index (χ3n) is 3.26. The maximum Gasteiger partial charge on any atom is 0.257 e. The molecule has 1 unspecified atom stereocenters. The number of aryl methyl sites for hydroxylation is 1. The summed E-state index contributed by atoms with van der Waals surface area (Å²) < 4.78 is 27.6. The van der Waals surface area contributed by atoms with Gasteiger partial charge in [0.05, 0.1) is 0 Å². The van der Waals surface area contributed by atoms with E-state index in [2.05, 4.69) is 5.32 Å². The van der Waals surface area contributed by atoms with Crippen molar-refractivity contribution in [3.05, 3.63) is 34.9 Å². The lowest BCUT2D eigenvalue weighted by Crippen LogP contribution is -2.44. The van der Waals surface area contributed by atoms with Crippen LogP contribution in [0.5, 0.6) is 0 Å². The van der Waals surface area contributed by atoms with Gasteiger partial charge in [0.1, 0.15) is 17.2 Å². The average Bonchev–Trinajstić information content (AvgIpc) is 2.33. The number of carbonyl (C=O) groups is 1. The van der Waals surface area contributed by atoms with Crippen LogP contribution in [0.1, 0.15) is 43.1 Å². The van der Waals surface area contributed by atoms with Gasteiger partial charge in [-0.15, -0.1) is 11.6 Å². The van der Waals surface area contributed by atoms with Crippen LogP contribution in [0.2, 0.25) is 0 Å². The largest absolute Gasteiger partial charge is 0.349 e. The van der Waals surface area contributed by atoms with E-state index in [9.17, 15) is 13.6 Å². The van der Waals surface area contributed by atoms with Crippen molar-refractivity contribution in [2.24, 2.45) is 5.41 Å². The molecule has 1 N–H and O–H groups in total. The van der Waals surface area contributed by atoms with Crippen molar-refractivity contribution in [2.45, 2.75) is 40.2 Å². The van der Waals surface area contributed by atoms with Gasteiger partial charge in [-0.3, -0.25) is 4.79 Å². The quantitative estimate of drug-likeness (QED) is 0.836. The Morgan fingerprint density at radius 1 is 1.35 bits per heavy atom. The Labute approximate surface area is 123 Å². The smallest absolute Gasteiger partial charge is 0.257 e. The average molecular weight is 304 g/mol. The van der Waals surface area contributed by atoms with Gasteiger partial charge in [-0.1, -0.05) is 26.8 Å². The molecule has 0 fully saturated rings. The molecule has 5 heteroatoms. The Balaban J connectivity index is 3.04. The lowest BCUT2D eigenvalue weighted by atomic mass is 9.85. The summed E-state index contributed by atoms with van der Waals surface area (Å²) in [6, 6.07) is 2.15. The molecule has 1 atom stereocenters. The number of hydrogen-bond acceptors (Lipinski definition) is 1. The van der Waals surface area contributed by atoms with Crippen molar-refractivity contribution >= 4 is 17.5 Å². The van der Waals surface area contributed by atoms with E-state index in [1.807, 2.05) is 20.8 Å². The fourth-order valence-electron chi connectivity index (χ4n) is 1.93. The van der Waals surface area contributed by atoms with Crippen molar-refractivity contribution < 1.29 is 13.6 Å². The summed E-state index contributed by atoms with van der Waals surface area (Å²) in [7, 11) is 0. The first-order valence-corrected chi connectivity index (χ1v) is 7.03. The molecule has 0 bridgehead atoms. The Morgan fingerprint density at radius 3 is 2.45 bits per heavy atom. The molecule has 0 aromatic heterocycles. The molecule has 0 radical (unpaired) electrons. The van der Waals surface area contributed by atoms with Crippen LogP contribution in [-0.4, -0.2) is 17.8 Å². The predicted octanol–water partition coefficient (Wildman–Crippen LogP) is 4.05. The molecule has 1 amide bonds. The number of halogens is 3. The molecule has 0 spiro atoms. The van der Waals surface area contributed by atoms with E-state index in [0.29, 0.717) is 12.3 Å². The van der Waals surface area contributed by atoms with Crippen LogP contribution >= 0.6 is 11.6 Å². The van der Waals surface area contributed by atoms with Crippen LogP contribution in [-0.2, 0) is 0 Å². The number of benzene rings is 1. The number of nitrogens with one attached hydrogen (secondary N) is 1. The fraction of sp³-hybridized carbons (Fsp3) is 0.533. The minimum atomic E-state index is -0.857. The van der Waals surface area contributed by atoms with E-state index in [4.69, 9.17) is 11.6 Å². The molecule has 0 saturated heterocycles. The van der Waals surface area contributed by atoms with Crippen LogP contribution in [0, 0.1) is 24.0 Å². The number of amides is 1. The molecule has 2 nitrogen and oxygen atoms in total. The number of alkyl halides is 1. The van der Waals surface area contributed by atoms with Crippen molar-refractivity contribution in [3.8, 4) is 0 Å². The second-order valence-electron chi connectivity index (χ2n) is 5.92. The molecule has 0 aliphatic heterocycles. The Hall–Kier alpha value is -1.16. The minimum Gasteiger partial charge on any atom is -0.349 e. The van der Waals surface area contributed by atoms with E-state index in [1.54, 1.807) is 0 Å². The second-order valence-corrected chi connectivity index (χ2v) is 6.30. The summed E-state index contributed by atoms with van der Waals surface area (Å²) in [4.78, 5) is 12.1. The van der Waals surface area contributed by atoms with Crippen LogP contribution < -0.4 is 5.32 Å². The van der Waals surface area contributed by atoms with Gasteiger partial charge >= 0.3 is 0 Å². The van der Waals surface area contributed by atoms with Crippen LogP contribution in [0.25, 0.3) is 0 Å². The van der Waals surface area contributed by atoms with Gasteiger partial charge in [0.15, 0.2) is 0 Å². The summed E-state index contributed by atoms with van der Waals surface area (Å²) in [5.41, 5.74) is -0.545. The maximum atomic E-state index is 13.9. The molecule has 1 aromatic rings. The van der Waals surface area contributed by atoms with E-state index in [-0.39, 0.29) is 17.0 Å². The van der Waals surface area contributed by atoms with Crippen molar-refractivity contribution in [1.82, 2.24) is 5.32 Å². The molecule has 0 saturated carbocycles. The van der Waals surface area contributed by atoms with Crippen molar-refractivity contribution in [2.75, 3.05) is 5.88 Å². The Kier molecular flexibility index (Phi) is 5.51. The number of carbonyl (C=O) groups excluding carboxylic acids is 1. The molecule has 0 aliphatic rings. The van der Waals surface area contributed by atoms with E-state index in [1.165, 1.54) is 13.0 Å². The van der Waals surface area contributed by atoms with Gasteiger partial charge in [0.25, 0.3) is 5.91 Å². The lowest BCUT2D eigenvalue weighted by Gasteiger charge is -2.31. The van der Waals surface area contributed by atoms with Gasteiger partial charge in [0, 0.05) is 11.9 Å². The van der Waals surface area contributed by atoms with Crippen molar-refractivity contribution in [3.63, 3.8) is 0 Å². The summed E-state index contributed by atoms with van der Waals surface area (Å²) in [6.07, 6.45) is 0.534. The molecule has 0 aliphatic carbocycles. The second kappa shape index (κ2) is 6.53. The minimum absolute atomic E-state index is 0.237. The SMILES string of the molecule is Cc1ccc(F)c(C(=O)NC(CCCl)C(C)(C)C)c1F. The highest BCUT2D eigenvalue weighted by atomic mass is 35.5. The zero-order chi connectivity index (χ0) is 15.5. The summed E-state index contributed by atoms with van der Waals surface area (Å²) in [5, 5.41) is 2.68. The molecule has 112 valence electrons. The third kappa shape index (κ3) is 3.92. The molecular weight excluding hydrogens is 284 g/mol.